The van der Waals surface area contributed by atoms with Gasteiger partial charge in [0.1, 0.15) is 5.76 Å². The van der Waals surface area contributed by atoms with Crippen molar-refractivity contribution in [3.05, 3.63) is 17.5 Å². The summed E-state index contributed by atoms with van der Waals surface area (Å²) in [6.45, 7) is 0.102. The minimum Gasteiger partial charge on any atom is -0.396 e. The lowest BCUT2D eigenvalue weighted by atomic mass is 9.92. The third-order valence-corrected chi connectivity index (χ3v) is 3.48. The molecule has 0 atom stereocenters. The number of amides is 1. The molecule has 1 saturated carbocycles. The molecule has 0 radical (unpaired) electrons. The molecule has 106 valence electrons. The highest BCUT2D eigenvalue weighted by atomic mass is 16.5. The molecular formula is C13H21N3O3. The summed E-state index contributed by atoms with van der Waals surface area (Å²) in [5, 5.41) is 15.4. The molecule has 6 nitrogen and oxygen atoms in total. The van der Waals surface area contributed by atoms with E-state index in [4.69, 9.17) is 15.4 Å². The van der Waals surface area contributed by atoms with Crippen molar-refractivity contribution in [1.29, 1.82) is 0 Å². The molecule has 0 aliphatic heterocycles. The lowest BCUT2D eigenvalue weighted by Gasteiger charge is -2.26. The third-order valence-electron chi connectivity index (χ3n) is 3.48. The predicted octanol–water partition coefficient (Wildman–Crippen LogP) is 0.599. The van der Waals surface area contributed by atoms with Crippen LogP contribution in [0.5, 0.6) is 0 Å². The molecule has 1 heterocycles. The molecule has 1 aliphatic carbocycles. The fourth-order valence-electron chi connectivity index (χ4n) is 2.31. The van der Waals surface area contributed by atoms with Crippen molar-refractivity contribution in [1.82, 2.24) is 10.5 Å². The molecule has 19 heavy (non-hydrogen) atoms. The number of aromatic nitrogens is 1. The Labute approximate surface area is 112 Å². The molecule has 4 N–H and O–H groups in total. The smallest absolute Gasteiger partial charge is 0.273 e. The zero-order chi connectivity index (χ0) is 13.7. The molecule has 0 bridgehead atoms. The molecule has 1 fully saturated rings. The molecule has 1 amide bonds. The molecule has 1 aliphatic rings. The summed E-state index contributed by atoms with van der Waals surface area (Å²) in [5.74, 6) is 0.435. The largest absolute Gasteiger partial charge is 0.396 e. The number of aliphatic hydroxyl groups is 1. The highest BCUT2D eigenvalue weighted by Crippen LogP contribution is 2.17. The highest BCUT2D eigenvalue weighted by Gasteiger charge is 2.22. The van der Waals surface area contributed by atoms with E-state index >= 15 is 0 Å². The van der Waals surface area contributed by atoms with Gasteiger partial charge in [0.25, 0.3) is 5.91 Å². The van der Waals surface area contributed by atoms with Gasteiger partial charge in [0, 0.05) is 31.2 Å². The Morgan fingerprint density at radius 3 is 2.89 bits per heavy atom. The Hall–Kier alpha value is -1.40. The normalized spacial score (nSPS) is 23.3. The first kappa shape index (κ1) is 14.0. The number of nitrogens with one attached hydrogen (secondary N) is 1. The number of hydrogen-bond acceptors (Lipinski definition) is 5. The summed E-state index contributed by atoms with van der Waals surface area (Å²) >= 11 is 0. The minimum atomic E-state index is -0.195. The summed E-state index contributed by atoms with van der Waals surface area (Å²) in [4.78, 5) is 12.0. The van der Waals surface area contributed by atoms with Crippen molar-refractivity contribution in [3.8, 4) is 0 Å². The van der Waals surface area contributed by atoms with E-state index in [1.54, 1.807) is 6.07 Å². The summed E-state index contributed by atoms with van der Waals surface area (Å²) in [6, 6.07) is 2.09. The molecule has 0 saturated heterocycles. The maximum absolute atomic E-state index is 12.0. The first-order valence-electron chi connectivity index (χ1n) is 6.82. The van der Waals surface area contributed by atoms with E-state index in [1.165, 1.54) is 0 Å². The second kappa shape index (κ2) is 6.68. The van der Waals surface area contributed by atoms with Gasteiger partial charge in [-0.3, -0.25) is 4.79 Å². The van der Waals surface area contributed by atoms with Gasteiger partial charge in [-0.05, 0) is 32.1 Å². The highest BCUT2D eigenvalue weighted by molar-refractivity contribution is 5.92. The van der Waals surface area contributed by atoms with Crippen LogP contribution in [-0.4, -0.2) is 34.9 Å². The third kappa shape index (κ3) is 4.04. The van der Waals surface area contributed by atoms with E-state index in [2.05, 4.69) is 10.5 Å². The predicted molar refractivity (Wildman–Crippen MR) is 69.6 cm³/mol. The van der Waals surface area contributed by atoms with Crippen LogP contribution in [-0.2, 0) is 6.42 Å². The second-order valence-electron chi connectivity index (χ2n) is 5.09. The van der Waals surface area contributed by atoms with Gasteiger partial charge in [-0.1, -0.05) is 5.16 Å². The Bertz CT molecular complexity index is 411. The van der Waals surface area contributed by atoms with E-state index in [1.807, 2.05) is 0 Å². The van der Waals surface area contributed by atoms with Crippen molar-refractivity contribution in [2.45, 2.75) is 50.6 Å². The molecule has 2 rings (SSSR count). The van der Waals surface area contributed by atoms with Crippen molar-refractivity contribution in [2.24, 2.45) is 5.73 Å². The van der Waals surface area contributed by atoms with E-state index in [0.717, 1.165) is 25.7 Å². The zero-order valence-electron chi connectivity index (χ0n) is 11.0. The van der Waals surface area contributed by atoms with Gasteiger partial charge < -0.3 is 20.7 Å². The van der Waals surface area contributed by atoms with Gasteiger partial charge in [0.05, 0.1) is 0 Å². The van der Waals surface area contributed by atoms with Gasteiger partial charge in [-0.2, -0.15) is 0 Å². The fourth-order valence-corrected chi connectivity index (χ4v) is 2.31. The van der Waals surface area contributed by atoms with E-state index < -0.39 is 0 Å². The topological polar surface area (TPSA) is 101 Å². The van der Waals surface area contributed by atoms with Crippen LogP contribution in [0.2, 0.25) is 0 Å². The SMILES string of the molecule is NC1CCC(NC(=O)c2cc(CCCO)on2)CC1. The number of nitrogens with zero attached hydrogens (tertiary/aromatic N) is 1. The number of hydrogen-bond donors (Lipinski definition) is 3. The first-order valence-corrected chi connectivity index (χ1v) is 6.82. The molecule has 0 spiro atoms. The number of carbonyl (C=O) groups excluding carboxylic acids is 1. The zero-order valence-corrected chi connectivity index (χ0v) is 11.0. The average Bonchev–Trinajstić information content (AvgIpc) is 2.88. The Kier molecular flexibility index (Phi) is 4.93. The van der Waals surface area contributed by atoms with Gasteiger partial charge >= 0.3 is 0 Å². The van der Waals surface area contributed by atoms with Gasteiger partial charge in [-0.25, -0.2) is 0 Å². The standard InChI is InChI=1S/C13H21N3O3/c14-9-3-5-10(6-4-9)15-13(18)12-8-11(19-16-12)2-1-7-17/h8-10,17H,1-7,14H2,(H,15,18). The van der Waals surface area contributed by atoms with Crippen molar-refractivity contribution in [2.75, 3.05) is 6.61 Å². The van der Waals surface area contributed by atoms with Crippen LogP contribution < -0.4 is 11.1 Å². The van der Waals surface area contributed by atoms with Crippen LogP contribution in [0.1, 0.15) is 48.4 Å². The van der Waals surface area contributed by atoms with Gasteiger partial charge in [-0.15, -0.1) is 0 Å². The average molecular weight is 267 g/mol. The summed E-state index contributed by atoms with van der Waals surface area (Å²) < 4.78 is 5.05. The summed E-state index contributed by atoms with van der Waals surface area (Å²) in [7, 11) is 0. The van der Waals surface area contributed by atoms with Crippen molar-refractivity contribution in [3.63, 3.8) is 0 Å². The summed E-state index contributed by atoms with van der Waals surface area (Å²) in [5.41, 5.74) is 6.14. The Morgan fingerprint density at radius 2 is 2.21 bits per heavy atom. The fraction of sp³-hybridized carbons (Fsp3) is 0.692. The minimum absolute atomic E-state index is 0.102. The Balaban J connectivity index is 1.84. The van der Waals surface area contributed by atoms with Gasteiger partial charge in [0.2, 0.25) is 0 Å². The van der Waals surface area contributed by atoms with Crippen LogP contribution in [0.4, 0.5) is 0 Å². The van der Waals surface area contributed by atoms with E-state index in [9.17, 15) is 4.79 Å². The summed E-state index contributed by atoms with van der Waals surface area (Å²) in [6.07, 6.45) is 4.94. The van der Waals surface area contributed by atoms with Crippen molar-refractivity contribution < 1.29 is 14.4 Å². The maximum atomic E-state index is 12.0. The number of carbonyl (C=O) groups is 1. The molecule has 1 aromatic heterocycles. The van der Waals surface area contributed by atoms with E-state index in [-0.39, 0.29) is 24.6 Å². The monoisotopic (exact) mass is 267 g/mol. The molecule has 0 aromatic carbocycles. The lowest BCUT2D eigenvalue weighted by Crippen LogP contribution is -2.40. The molecule has 6 heteroatoms. The number of rotatable bonds is 5. The van der Waals surface area contributed by atoms with Gasteiger partial charge in [0.15, 0.2) is 5.69 Å². The number of aryl methyl sites for hydroxylation is 1. The maximum Gasteiger partial charge on any atom is 0.273 e. The van der Waals surface area contributed by atoms with E-state index in [0.29, 0.717) is 24.3 Å². The van der Waals surface area contributed by atoms with Crippen LogP contribution in [0.3, 0.4) is 0 Å². The number of nitrogens with two attached hydrogens (primary N) is 1. The van der Waals surface area contributed by atoms with Crippen LogP contribution in [0.25, 0.3) is 0 Å². The lowest BCUT2D eigenvalue weighted by molar-refractivity contribution is 0.0916. The van der Waals surface area contributed by atoms with Crippen LogP contribution >= 0.6 is 0 Å². The number of aliphatic hydroxyl groups excluding tert-OH is 1. The second-order valence-corrected chi connectivity index (χ2v) is 5.09. The molecule has 1 aromatic rings. The van der Waals surface area contributed by atoms with Crippen molar-refractivity contribution >= 4 is 5.91 Å². The Morgan fingerprint density at radius 1 is 1.47 bits per heavy atom. The first-order chi connectivity index (χ1) is 9.19. The van der Waals surface area contributed by atoms with Crippen LogP contribution in [0, 0.1) is 0 Å². The quantitative estimate of drug-likeness (QED) is 0.725. The molecule has 0 unspecified atom stereocenters. The molecular weight excluding hydrogens is 246 g/mol. The van der Waals surface area contributed by atoms with Crippen LogP contribution in [0.15, 0.2) is 10.6 Å².